The van der Waals surface area contributed by atoms with Gasteiger partial charge in [0.05, 0.1) is 5.56 Å². The van der Waals surface area contributed by atoms with Crippen molar-refractivity contribution < 1.29 is 20.1 Å². The molecule has 0 spiro atoms. The van der Waals surface area contributed by atoms with Crippen LogP contribution in [-0.2, 0) is 0 Å². The number of fused-ring (bicyclic) bond motifs is 1. The number of carbonyl (C=O) groups excluding carboxylic acids is 1. The molecule has 0 atom stereocenters. The molecular formula is C27H19NO4. The molecule has 0 radical (unpaired) electrons. The third kappa shape index (κ3) is 2.99. The summed E-state index contributed by atoms with van der Waals surface area (Å²) in [5, 5.41) is 31.5. The van der Waals surface area contributed by atoms with Crippen LogP contribution in [0.15, 0.2) is 78.9 Å². The number of hydrogen-bond acceptors (Lipinski definition) is 5. The molecule has 5 nitrogen and oxygen atoms in total. The average molecular weight is 421 g/mol. The van der Waals surface area contributed by atoms with Crippen molar-refractivity contribution in [2.24, 2.45) is 0 Å². The molecule has 0 amide bonds. The molecule has 32 heavy (non-hydrogen) atoms. The zero-order chi connectivity index (χ0) is 22.4. The standard InChI is InChI=1S/C27H19NO4/c28-19-12-10-17(11-13-19)20-14-21-22(25(30)27(32)26(31)23(21)24(20)29)18-8-6-16(7-9-18)15-4-2-1-3-5-15/h1-14,30-32H,28H2. The fraction of sp³-hybridized carbons (Fsp3) is 0. The quantitative estimate of drug-likeness (QED) is 0.260. The first-order valence-electron chi connectivity index (χ1n) is 10.0. The van der Waals surface area contributed by atoms with Crippen LogP contribution in [0.2, 0.25) is 0 Å². The molecule has 5 heteroatoms. The van der Waals surface area contributed by atoms with Crippen molar-refractivity contribution in [3.63, 3.8) is 0 Å². The monoisotopic (exact) mass is 421 g/mol. The fourth-order valence-electron chi connectivity index (χ4n) is 4.08. The maximum absolute atomic E-state index is 13.1. The molecular weight excluding hydrogens is 402 g/mol. The Hall–Kier alpha value is -4.51. The Kier molecular flexibility index (Phi) is 4.45. The van der Waals surface area contributed by atoms with Crippen LogP contribution in [0.5, 0.6) is 17.2 Å². The minimum absolute atomic E-state index is 0.0331. The molecule has 0 aliphatic heterocycles. The third-order valence-electron chi connectivity index (χ3n) is 5.72. The van der Waals surface area contributed by atoms with E-state index in [1.54, 1.807) is 30.3 Å². The predicted molar refractivity (Wildman–Crippen MR) is 125 cm³/mol. The highest BCUT2D eigenvalue weighted by molar-refractivity contribution is 6.39. The number of aromatic hydroxyl groups is 3. The fourth-order valence-corrected chi connectivity index (χ4v) is 4.08. The van der Waals surface area contributed by atoms with Gasteiger partial charge in [0.2, 0.25) is 5.75 Å². The van der Waals surface area contributed by atoms with Gasteiger partial charge in [0.25, 0.3) is 0 Å². The number of hydrogen-bond donors (Lipinski definition) is 4. The summed E-state index contributed by atoms with van der Waals surface area (Å²) in [6, 6.07) is 24.1. The number of Topliss-reactive ketones (excluding diaryl/α,β-unsaturated/α-hetero) is 1. The van der Waals surface area contributed by atoms with Gasteiger partial charge in [-0.25, -0.2) is 0 Å². The molecule has 0 bridgehead atoms. The van der Waals surface area contributed by atoms with Gasteiger partial charge >= 0.3 is 0 Å². The molecule has 5 rings (SSSR count). The number of benzene rings is 4. The van der Waals surface area contributed by atoms with Crippen LogP contribution < -0.4 is 5.73 Å². The van der Waals surface area contributed by atoms with Crippen LogP contribution in [0, 0.1) is 0 Å². The van der Waals surface area contributed by atoms with Gasteiger partial charge in [-0.2, -0.15) is 0 Å². The summed E-state index contributed by atoms with van der Waals surface area (Å²) in [4.78, 5) is 13.1. The molecule has 156 valence electrons. The minimum Gasteiger partial charge on any atom is -0.504 e. The number of nitrogen functional groups attached to an aromatic ring is 1. The Morgan fingerprint density at radius 1 is 0.562 bits per heavy atom. The summed E-state index contributed by atoms with van der Waals surface area (Å²) in [7, 11) is 0. The molecule has 0 saturated heterocycles. The molecule has 4 aromatic carbocycles. The number of carbonyl (C=O) groups is 1. The van der Waals surface area contributed by atoms with E-state index in [2.05, 4.69) is 0 Å². The molecule has 5 N–H and O–H groups in total. The lowest BCUT2D eigenvalue weighted by Gasteiger charge is -2.14. The first-order chi connectivity index (χ1) is 15.5. The number of ketones is 1. The lowest BCUT2D eigenvalue weighted by atomic mass is 9.93. The smallest absolute Gasteiger partial charge is 0.201 e. The van der Waals surface area contributed by atoms with Gasteiger partial charge in [-0.3, -0.25) is 4.79 Å². The van der Waals surface area contributed by atoms with E-state index in [4.69, 9.17) is 5.73 Å². The van der Waals surface area contributed by atoms with Crippen LogP contribution in [-0.4, -0.2) is 21.1 Å². The Balaban J connectivity index is 1.67. The van der Waals surface area contributed by atoms with Gasteiger partial charge in [0, 0.05) is 22.4 Å². The summed E-state index contributed by atoms with van der Waals surface area (Å²) in [6.45, 7) is 0. The topological polar surface area (TPSA) is 104 Å². The Morgan fingerprint density at radius 2 is 1.09 bits per heavy atom. The van der Waals surface area contributed by atoms with Gasteiger partial charge in [-0.05, 0) is 40.5 Å². The van der Waals surface area contributed by atoms with E-state index in [1.807, 2.05) is 54.6 Å². The van der Waals surface area contributed by atoms with Gasteiger partial charge in [0.1, 0.15) is 0 Å². The SMILES string of the molecule is Nc1ccc(C2=Cc3c(c(O)c(O)c(O)c3-c3ccc(-c4ccccc4)cc3)C2=O)cc1. The highest BCUT2D eigenvalue weighted by Crippen LogP contribution is 2.52. The van der Waals surface area contributed by atoms with E-state index in [-0.39, 0.29) is 11.1 Å². The molecule has 1 aliphatic carbocycles. The number of allylic oxidation sites excluding steroid dienone is 1. The van der Waals surface area contributed by atoms with Crippen LogP contribution in [0.4, 0.5) is 5.69 Å². The largest absolute Gasteiger partial charge is 0.504 e. The van der Waals surface area contributed by atoms with Crippen molar-refractivity contribution in [2.75, 3.05) is 5.73 Å². The second-order valence-corrected chi connectivity index (χ2v) is 7.66. The number of anilines is 1. The molecule has 0 fully saturated rings. The van der Waals surface area contributed by atoms with Crippen molar-refractivity contribution in [3.05, 3.63) is 95.6 Å². The van der Waals surface area contributed by atoms with Crippen molar-refractivity contribution >= 4 is 23.1 Å². The van der Waals surface area contributed by atoms with E-state index in [0.717, 1.165) is 11.1 Å². The van der Waals surface area contributed by atoms with E-state index in [9.17, 15) is 20.1 Å². The van der Waals surface area contributed by atoms with E-state index in [0.29, 0.717) is 28.0 Å². The van der Waals surface area contributed by atoms with Gasteiger partial charge in [-0.1, -0.05) is 66.7 Å². The maximum atomic E-state index is 13.1. The predicted octanol–water partition coefficient (Wildman–Crippen LogP) is 5.46. The van der Waals surface area contributed by atoms with Crippen molar-refractivity contribution in [1.29, 1.82) is 0 Å². The third-order valence-corrected chi connectivity index (χ3v) is 5.72. The van der Waals surface area contributed by atoms with Crippen LogP contribution in [0.1, 0.15) is 21.5 Å². The average Bonchev–Trinajstić information content (AvgIpc) is 3.16. The lowest BCUT2D eigenvalue weighted by molar-refractivity contribution is 0.105. The molecule has 1 aliphatic rings. The normalized spacial score (nSPS) is 12.5. The molecule has 0 aromatic heterocycles. The van der Waals surface area contributed by atoms with Gasteiger partial charge in [-0.15, -0.1) is 0 Å². The number of phenolic OH excluding ortho intramolecular Hbond substituents is 3. The van der Waals surface area contributed by atoms with E-state index >= 15 is 0 Å². The second kappa shape index (κ2) is 7.32. The van der Waals surface area contributed by atoms with Gasteiger partial charge < -0.3 is 21.1 Å². The summed E-state index contributed by atoms with van der Waals surface area (Å²) >= 11 is 0. The second-order valence-electron chi connectivity index (χ2n) is 7.66. The number of nitrogens with two attached hydrogens (primary N) is 1. The molecule has 0 saturated carbocycles. The minimum atomic E-state index is -0.716. The number of rotatable bonds is 3. The highest BCUT2D eigenvalue weighted by Gasteiger charge is 2.34. The Morgan fingerprint density at radius 3 is 1.75 bits per heavy atom. The first-order valence-corrected chi connectivity index (χ1v) is 10.0. The summed E-state index contributed by atoms with van der Waals surface area (Å²) in [6.07, 6.45) is 1.63. The van der Waals surface area contributed by atoms with E-state index in [1.165, 1.54) is 0 Å². The zero-order valence-corrected chi connectivity index (χ0v) is 16.9. The zero-order valence-electron chi connectivity index (χ0n) is 16.9. The maximum Gasteiger partial charge on any atom is 0.201 e. The van der Waals surface area contributed by atoms with Crippen LogP contribution >= 0.6 is 0 Å². The van der Waals surface area contributed by atoms with Crippen molar-refractivity contribution in [3.8, 4) is 39.5 Å². The molecule has 0 heterocycles. The lowest BCUT2D eigenvalue weighted by Crippen LogP contribution is -2.00. The number of phenols is 3. The molecule has 4 aromatic rings. The van der Waals surface area contributed by atoms with Crippen LogP contribution in [0.25, 0.3) is 33.9 Å². The first kappa shape index (κ1) is 19.5. The summed E-state index contributed by atoms with van der Waals surface area (Å²) in [5.74, 6) is -2.25. The summed E-state index contributed by atoms with van der Waals surface area (Å²) < 4.78 is 0. The van der Waals surface area contributed by atoms with Crippen molar-refractivity contribution in [1.82, 2.24) is 0 Å². The van der Waals surface area contributed by atoms with Gasteiger partial charge in [0.15, 0.2) is 17.3 Å². The van der Waals surface area contributed by atoms with E-state index < -0.39 is 23.0 Å². The molecule has 0 unspecified atom stereocenters. The highest BCUT2D eigenvalue weighted by atomic mass is 16.3. The Bertz CT molecular complexity index is 1390. The van der Waals surface area contributed by atoms with Crippen LogP contribution in [0.3, 0.4) is 0 Å². The van der Waals surface area contributed by atoms with Crippen molar-refractivity contribution in [2.45, 2.75) is 0 Å². The summed E-state index contributed by atoms with van der Waals surface area (Å²) in [5.41, 5.74) is 10.6. The Labute approximate surface area is 184 Å².